The number of rotatable bonds is 13. The van der Waals surface area contributed by atoms with Crippen LogP contribution in [0, 0.1) is 5.92 Å². The zero-order valence-electron chi connectivity index (χ0n) is 13.0. The Kier molecular flexibility index (Phi) is 13.4. The maximum atomic E-state index is 11.3. The molecule has 0 fully saturated rings. The zero-order chi connectivity index (χ0) is 14.3. The molecule has 2 N–H and O–H groups in total. The summed E-state index contributed by atoms with van der Waals surface area (Å²) in [6, 6.07) is 0. The van der Waals surface area contributed by atoms with E-state index in [0.29, 0.717) is 0 Å². The largest absolute Gasteiger partial charge is 0.373 e. The molecule has 0 bridgehead atoms. The van der Waals surface area contributed by atoms with Gasteiger partial charge in [-0.3, -0.25) is 4.79 Å². The number of carbonyl (C=O) groups is 1. The maximum absolute atomic E-state index is 11.3. The van der Waals surface area contributed by atoms with Crippen LogP contribution in [0.3, 0.4) is 0 Å². The topological polar surface area (TPSA) is 52.3 Å². The fourth-order valence-electron chi connectivity index (χ4n) is 2.46. The van der Waals surface area contributed by atoms with Crippen molar-refractivity contribution in [2.75, 3.05) is 0 Å². The third-order valence-corrected chi connectivity index (χ3v) is 3.85. The fourth-order valence-corrected chi connectivity index (χ4v) is 2.46. The van der Waals surface area contributed by atoms with Crippen LogP contribution in [-0.2, 0) is 9.63 Å². The smallest absolute Gasteiger partial charge is 0.327 e. The van der Waals surface area contributed by atoms with E-state index in [0.717, 1.165) is 19.3 Å². The van der Waals surface area contributed by atoms with E-state index in [-0.39, 0.29) is 11.9 Å². The Hall–Kier alpha value is -0.570. The molecular weight excluding hydrogens is 238 g/mol. The van der Waals surface area contributed by atoms with Crippen molar-refractivity contribution in [3.8, 4) is 0 Å². The molecule has 3 nitrogen and oxygen atoms in total. The van der Waals surface area contributed by atoms with Crippen LogP contribution >= 0.6 is 0 Å². The lowest BCUT2D eigenvalue weighted by Gasteiger charge is -2.11. The van der Waals surface area contributed by atoms with E-state index in [1.165, 1.54) is 57.8 Å². The molecule has 1 unspecified atom stereocenters. The van der Waals surface area contributed by atoms with Crippen molar-refractivity contribution in [2.45, 2.75) is 90.9 Å². The van der Waals surface area contributed by atoms with Crippen LogP contribution < -0.4 is 5.90 Å². The molecule has 0 spiro atoms. The first kappa shape index (κ1) is 18.4. The monoisotopic (exact) mass is 271 g/mol. The Labute approximate surface area is 119 Å². The first-order valence-corrected chi connectivity index (χ1v) is 8.16. The maximum Gasteiger partial charge on any atom is 0.327 e. The lowest BCUT2D eigenvalue weighted by atomic mass is 9.98. The van der Waals surface area contributed by atoms with Gasteiger partial charge >= 0.3 is 5.97 Å². The van der Waals surface area contributed by atoms with E-state index < -0.39 is 0 Å². The van der Waals surface area contributed by atoms with Gasteiger partial charge in [-0.15, -0.1) is 0 Å². The van der Waals surface area contributed by atoms with Gasteiger partial charge in [0.2, 0.25) is 0 Å². The van der Waals surface area contributed by atoms with Gasteiger partial charge in [0.1, 0.15) is 0 Å². The molecule has 3 heteroatoms. The van der Waals surface area contributed by atoms with Gasteiger partial charge in [-0.25, -0.2) is 0 Å². The number of nitrogens with two attached hydrogens (primary N) is 1. The minimum atomic E-state index is -0.251. The van der Waals surface area contributed by atoms with Crippen molar-refractivity contribution < 1.29 is 9.63 Å². The summed E-state index contributed by atoms with van der Waals surface area (Å²) in [5.74, 6) is 4.67. The highest BCUT2D eigenvalue weighted by molar-refractivity contribution is 5.71. The Morgan fingerprint density at radius 2 is 1.37 bits per heavy atom. The van der Waals surface area contributed by atoms with E-state index in [1.54, 1.807) is 0 Å². The van der Waals surface area contributed by atoms with Gasteiger partial charge in [-0.05, 0) is 12.8 Å². The lowest BCUT2D eigenvalue weighted by Crippen LogP contribution is -2.20. The summed E-state index contributed by atoms with van der Waals surface area (Å²) in [4.78, 5) is 15.6. The van der Waals surface area contributed by atoms with Crippen molar-refractivity contribution in [1.29, 1.82) is 0 Å². The minimum Gasteiger partial charge on any atom is -0.373 e. The Morgan fingerprint density at radius 1 is 0.895 bits per heavy atom. The molecule has 0 aliphatic heterocycles. The van der Waals surface area contributed by atoms with Crippen LogP contribution in [0.4, 0.5) is 0 Å². The molecule has 0 aromatic heterocycles. The highest BCUT2D eigenvalue weighted by atomic mass is 16.7. The SMILES string of the molecule is CCCCCCCCCCCCC(CC)C(=O)ON. The second-order valence-electron chi connectivity index (χ2n) is 5.51. The molecule has 1 atom stereocenters. The molecule has 0 saturated heterocycles. The van der Waals surface area contributed by atoms with E-state index in [2.05, 4.69) is 11.8 Å². The second-order valence-corrected chi connectivity index (χ2v) is 5.51. The van der Waals surface area contributed by atoms with Crippen LogP contribution in [0.15, 0.2) is 0 Å². The molecule has 0 aliphatic rings. The molecule has 0 rings (SSSR count). The standard InChI is InChI=1S/C16H33NO2/c1-3-5-6-7-8-9-10-11-12-13-14-15(4-2)16(18)19-17/h15H,3-14,17H2,1-2H3. The summed E-state index contributed by atoms with van der Waals surface area (Å²) in [5, 5.41) is 0. The first-order valence-electron chi connectivity index (χ1n) is 8.16. The predicted molar refractivity (Wildman–Crippen MR) is 80.5 cm³/mol. The third kappa shape index (κ3) is 11.0. The van der Waals surface area contributed by atoms with Crippen molar-refractivity contribution >= 4 is 5.97 Å². The molecular formula is C16H33NO2. The zero-order valence-corrected chi connectivity index (χ0v) is 13.0. The molecule has 0 radical (unpaired) electrons. The van der Waals surface area contributed by atoms with Gasteiger partial charge in [0.05, 0.1) is 5.92 Å². The van der Waals surface area contributed by atoms with Crippen LogP contribution in [0.5, 0.6) is 0 Å². The quantitative estimate of drug-likeness (QED) is 0.389. The molecule has 0 aromatic rings. The summed E-state index contributed by atoms with van der Waals surface area (Å²) < 4.78 is 0. The summed E-state index contributed by atoms with van der Waals surface area (Å²) in [7, 11) is 0. The van der Waals surface area contributed by atoms with Gasteiger partial charge < -0.3 is 4.84 Å². The minimum absolute atomic E-state index is 0.000885. The number of carbonyl (C=O) groups excluding carboxylic acids is 1. The van der Waals surface area contributed by atoms with Crippen LogP contribution in [-0.4, -0.2) is 5.97 Å². The normalized spacial score (nSPS) is 12.4. The first-order chi connectivity index (χ1) is 9.26. The summed E-state index contributed by atoms with van der Waals surface area (Å²) in [6.07, 6.45) is 15.0. The fraction of sp³-hybridized carbons (Fsp3) is 0.938. The Balaban J connectivity index is 3.28. The van der Waals surface area contributed by atoms with E-state index >= 15 is 0 Å². The number of hydrogen-bond donors (Lipinski definition) is 1. The van der Waals surface area contributed by atoms with Crippen molar-refractivity contribution in [2.24, 2.45) is 11.8 Å². The van der Waals surface area contributed by atoms with Gasteiger partial charge in [0.25, 0.3) is 0 Å². The predicted octanol–water partition coefficient (Wildman–Crippen LogP) is 4.74. The van der Waals surface area contributed by atoms with Gasteiger partial charge in [0.15, 0.2) is 0 Å². The molecule has 0 saturated carbocycles. The van der Waals surface area contributed by atoms with Gasteiger partial charge in [-0.2, -0.15) is 5.90 Å². The van der Waals surface area contributed by atoms with E-state index in [1.807, 2.05) is 6.92 Å². The van der Waals surface area contributed by atoms with Gasteiger partial charge in [0, 0.05) is 0 Å². The second kappa shape index (κ2) is 13.9. The Bertz CT molecular complexity index is 207. The average Bonchev–Trinajstić information content (AvgIpc) is 2.44. The van der Waals surface area contributed by atoms with Crippen molar-refractivity contribution in [1.82, 2.24) is 0 Å². The van der Waals surface area contributed by atoms with Gasteiger partial charge in [-0.1, -0.05) is 78.1 Å². The summed E-state index contributed by atoms with van der Waals surface area (Å²) in [5.41, 5.74) is 0. The molecule has 0 aliphatic carbocycles. The van der Waals surface area contributed by atoms with E-state index in [4.69, 9.17) is 5.90 Å². The van der Waals surface area contributed by atoms with Crippen LogP contribution in [0.1, 0.15) is 90.9 Å². The number of hydrogen-bond acceptors (Lipinski definition) is 3. The van der Waals surface area contributed by atoms with Crippen molar-refractivity contribution in [3.05, 3.63) is 0 Å². The highest BCUT2D eigenvalue weighted by Gasteiger charge is 2.16. The highest BCUT2D eigenvalue weighted by Crippen LogP contribution is 2.16. The molecule has 0 aromatic carbocycles. The summed E-state index contributed by atoms with van der Waals surface area (Å²) in [6.45, 7) is 4.27. The third-order valence-electron chi connectivity index (χ3n) is 3.85. The summed E-state index contributed by atoms with van der Waals surface area (Å²) >= 11 is 0. The number of unbranched alkanes of at least 4 members (excludes halogenated alkanes) is 9. The van der Waals surface area contributed by atoms with Crippen LogP contribution in [0.2, 0.25) is 0 Å². The lowest BCUT2D eigenvalue weighted by molar-refractivity contribution is -0.149. The molecule has 0 amide bonds. The molecule has 0 heterocycles. The molecule has 19 heavy (non-hydrogen) atoms. The van der Waals surface area contributed by atoms with E-state index in [9.17, 15) is 4.79 Å². The van der Waals surface area contributed by atoms with Crippen molar-refractivity contribution in [3.63, 3.8) is 0 Å². The Morgan fingerprint density at radius 3 is 1.79 bits per heavy atom. The molecule has 114 valence electrons. The average molecular weight is 271 g/mol. The van der Waals surface area contributed by atoms with Crippen LogP contribution in [0.25, 0.3) is 0 Å².